The molecule has 6 nitrogen and oxygen atoms in total. The summed E-state index contributed by atoms with van der Waals surface area (Å²) in [4.78, 5) is 0. The maximum atomic E-state index is 12.4. The van der Waals surface area contributed by atoms with Gasteiger partial charge in [0, 0.05) is 30.7 Å². The fraction of sp³-hybridized carbons (Fsp3) is 0.520. The molecule has 1 unspecified atom stereocenters. The second-order valence-corrected chi connectivity index (χ2v) is 10.9. The first-order chi connectivity index (χ1) is 15.2. The number of anilines is 1. The molecule has 1 aliphatic rings. The Morgan fingerprint density at radius 2 is 1.74 bits per heavy atom. The van der Waals surface area contributed by atoms with Crippen LogP contribution in [0.5, 0.6) is 5.75 Å². The fourth-order valence-electron chi connectivity index (χ4n) is 4.41. The van der Waals surface area contributed by atoms with Crippen molar-refractivity contribution in [2.45, 2.75) is 71.7 Å². The molecular formula is C25H39Cl2N3O3S. The highest BCUT2D eigenvalue weighted by Crippen LogP contribution is 2.31. The summed E-state index contributed by atoms with van der Waals surface area (Å²) in [6.45, 7) is 9.30. The van der Waals surface area contributed by atoms with Gasteiger partial charge in [-0.2, -0.15) is 0 Å². The average molecular weight is 533 g/mol. The maximum absolute atomic E-state index is 12.4. The number of benzene rings is 2. The van der Waals surface area contributed by atoms with Crippen LogP contribution in [-0.2, 0) is 16.6 Å². The highest BCUT2D eigenvalue weighted by molar-refractivity contribution is 7.92. The number of sulfonamides is 1. The first-order valence-electron chi connectivity index (χ1n) is 11.5. The molecule has 1 heterocycles. The highest BCUT2D eigenvalue weighted by Gasteiger charge is 2.25. The van der Waals surface area contributed by atoms with Crippen LogP contribution in [0.2, 0.25) is 0 Å². The number of nitrogens with one attached hydrogen (secondary N) is 1. The lowest BCUT2D eigenvalue weighted by atomic mass is 9.97. The van der Waals surface area contributed by atoms with E-state index in [0.717, 1.165) is 30.7 Å². The third-order valence-electron chi connectivity index (χ3n) is 5.65. The van der Waals surface area contributed by atoms with Gasteiger partial charge in [-0.05, 0) is 64.3 Å². The summed E-state index contributed by atoms with van der Waals surface area (Å²) in [5.74, 6) is 0.779. The van der Waals surface area contributed by atoms with Gasteiger partial charge < -0.3 is 4.74 Å². The van der Waals surface area contributed by atoms with Gasteiger partial charge in [-0.1, -0.05) is 36.8 Å². The third kappa shape index (κ3) is 8.02. The van der Waals surface area contributed by atoms with Crippen molar-refractivity contribution in [2.24, 2.45) is 0 Å². The average Bonchev–Trinajstić information content (AvgIpc) is 2.73. The zero-order chi connectivity index (χ0) is 23.3. The van der Waals surface area contributed by atoms with Crippen molar-refractivity contribution in [1.29, 1.82) is 0 Å². The van der Waals surface area contributed by atoms with E-state index in [-0.39, 0.29) is 37.0 Å². The molecule has 0 aromatic heterocycles. The lowest BCUT2D eigenvalue weighted by Crippen LogP contribution is -2.43. The van der Waals surface area contributed by atoms with Crippen molar-refractivity contribution >= 4 is 40.5 Å². The molecule has 3 rings (SSSR count). The minimum atomic E-state index is -3.39. The molecular weight excluding hydrogens is 493 g/mol. The van der Waals surface area contributed by atoms with Crippen LogP contribution in [0.25, 0.3) is 0 Å². The van der Waals surface area contributed by atoms with Gasteiger partial charge in [0.15, 0.2) is 0 Å². The van der Waals surface area contributed by atoms with Crippen LogP contribution in [0.15, 0.2) is 48.5 Å². The molecule has 34 heavy (non-hydrogen) atoms. The van der Waals surface area contributed by atoms with Crippen LogP contribution in [0, 0.1) is 0 Å². The summed E-state index contributed by atoms with van der Waals surface area (Å²) in [6.07, 6.45) is 4.76. The minimum Gasteiger partial charge on any atom is -0.491 e. The Bertz CT molecular complexity index is 988. The van der Waals surface area contributed by atoms with Crippen molar-refractivity contribution in [3.8, 4) is 5.75 Å². The third-order valence-corrected chi connectivity index (χ3v) is 6.99. The molecule has 1 saturated heterocycles. The Hall–Kier alpha value is -1.51. The SMILES string of the molecule is CC(C)Oc1ccc(N(C(C)C)S(C)(=O)=O)cc1CNN1CCCCC1c1ccccc1.Cl.Cl. The number of hydrogen-bond acceptors (Lipinski definition) is 5. The van der Waals surface area contributed by atoms with E-state index in [1.807, 2.05) is 52.0 Å². The molecule has 9 heteroatoms. The van der Waals surface area contributed by atoms with Crippen molar-refractivity contribution < 1.29 is 13.2 Å². The number of halogens is 2. The van der Waals surface area contributed by atoms with Crippen LogP contribution in [0.3, 0.4) is 0 Å². The van der Waals surface area contributed by atoms with Crippen molar-refractivity contribution in [3.05, 3.63) is 59.7 Å². The van der Waals surface area contributed by atoms with Gasteiger partial charge in [0.1, 0.15) is 5.75 Å². The molecule has 192 valence electrons. The van der Waals surface area contributed by atoms with E-state index < -0.39 is 10.0 Å². The molecule has 1 atom stereocenters. The Kier molecular flexibility index (Phi) is 12.2. The van der Waals surface area contributed by atoms with Crippen molar-refractivity contribution in [1.82, 2.24) is 10.4 Å². The predicted molar refractivity (Wildman–Crippen MR) is 146 cm³/mol. The predicted octanol–water partition coefficient (Wildman–Crippen LogP) is 5.72. The molecule has 1 aliphatic heterocycles. The van der Waals surface area contributed by atoms with Crippen molar-refractivity contribution in [2.75, 3.05) is 17.1 Å². The summed E-state index contributed by atoms with van der Waals surface area (Å²) in [5.41, 5.74) is 6.54. The normalized spacial score (nSPS) is 16.6. The molecule has 0 saturated carbocycles. The Balaban J connectivity index is 0.00000289. The summed E-state index contributed by atoms with van der Waals surface area (Å²) < 4.78 is 32.4. The van der Waals surface area contributed by atoms with Gasteiger partial charge in [0.25, 0.3) is 0 Å². The van der Waals surface area contributed by atoms with Gasteiger partial charge in [-0.25, -0.2) is 13.4 Å². The zero-order valence-electron chi connectivity index (χ0n) is 20.7. The van der Waals surface area contributed by atoms with Crippen LogP contribution < -0.4 is 14.5 Å². The highest BCUT2D eigenvalue weighted by atomic mass is 35.5. The topological polar surface area (TPSA) is 61.9 Å². The van der Waals surface area contributed by atoms with E-state index >= 15 is 0 Å². The maximum Gasteiger partial charge on any atom is 0.232 e. The number of ether oxygens (including phenoxy) is 1. The van der Waals surface area contributed by atoms with Crippen LogP contribution in [-0.4, -0.2) is 38.4 Å². The number of nitrogens with zero attached hydrogens (tertiary/aromatic N) is 2. The molecule has 2 aromatic rings. The first kappa shape index (κ1) is 30.5. The van der Waals surface area contributed by atoms with Gasteiger partial charge in [-0.15, -0.1) is 24.8 Å². The Morgan fingerprint density at radius 1 is 1.06 bits per heavy atom. The van der Waals surface area contributed by atoms with E-state index in [1.165, 1.54) is 22.5 Å². The Morgan fingerprint density at radius 3 is 2.32 bits per heavy atom. The largest absolute Gasteiger partial charge is 0.491 e. The van der Waals surface area contributed by atoms with Crippen LogP contribution in [0.1, 0.15) is 64.1 Å². The molecule has 0 spiro atoms. The van der Waals surface area contributed by atoms with E-state index in [1.54, 1.807) is 0 Å². The lowest BCUT2D eigenvalue weighted by molar-refractivity contribution is 0.0818. The van der Waals surface area contributed by atoms with Crippen molar-refractivity contribution in [3.63, 3.8) is 0 Å². The quantitative estimate of drug-likeness (QED) is 0.448. The molecule has 0 amide bonds. The second kappa shape index (κ2) is 13.5. The van der Waals surface area contributed by atoms with E-state index in [9.17, 15) is 8.42 Å². The van der Waals surface area contributed by atoms with E-state index in [0.29, 0.717) is 18.3 Å². The molecule has 0 bridgehead atoms. The number of rotatable bonds is 9. The zero-order valence-corrected chi connectivity index (χ0v) is 23.2. The monoisotopic (exact) mass is 531 g/mol. The number of piperidine rings is 1. The van der Waals surface area contributed by atoms with E-state index in [4.69, 9.17) is 4.74 Å². The van der Waals surface area contributed by atoms with E-state index in [2.05, 4.69) is 34.7 Å². The lowest BCUT2D eigenvalue weighted by Gasteiger charge is -2.36. The molecule has 0 radical (unpaired) electrons. The summed E-state index contributed by atoms with van der Waals surface area (Å²) in [7, 11) is -3.39. The van der Waals surface area contributed by atoms with Crippen LogP contribution >= 0.6 is 24.8 Å². The molecule has 2 aromatic carbocycles. The van der Waals surface area contributed by atoms with Gasteiger partial charge >= 0.3 is 0 Å². The summed E-state index contributed by atoms with van der Waals surface area (Å²) in [5, 5.41) is 2.32. The van der Waals surface area contributed by atoms with Gasteiger partial charge in [0.2, 0.25) is 10.0 Å². The molecule has 0 aliphatic carbocycles. The Labute approximate surface area is 217 Å². The standard InChI is InChI=1S/C25H37N3O3S.2ClH/c1-19(2)28(32(5,29)30)23-14-15-25(31-20(3)4)22(17-23)18-26-27-16-10-9-13-24(27)21-11-7-6-8-12-21;;/h6-8,11-12,14-15,17,19-20,24,26H,9-10,13,16,18H2,1-5H3;2*1H. The fourth-order valence-corrected chi connectivity index (χ4v) is 5.67. The van der Waals surface area contributed by atoms with Gasteiger partial charge in [0.05, 0.1) is 18.0 Å². The number of hydrazine groups is 1. The van der Waals surface area contributed by atoms with Gasteiger partial charge in [-0.3, -0.25) is 9.73 Å². The smallest absolute Gasteiger partial charge is 0.232 e. The second-order valence-electron chi connectivity index (χ2n) is 9.06. The number of hydrogen-bond donors (Lipinski definition) is 1. The molecule has 1 fully saturated rings. The summed E-state index contributed by atoms with van der Waals surface area (Å²) >= 11 is 0. The minimum absolute atomic E-state index is 0. The van der Waals surface area contributed by atoms with Crippen LogP contribution in [0.4, 0.5) is 5.69 Å². The first-order valence-corrected chi connectivity index (χ1v) is 13.4. The summed E-state index contributed by atoms with van der Waals surface area (Å²) in [6, 6.07) is 16.4. The molecule has 1 N–H and O–H groups in total.